The van der Waals surface area contributed by atoms with Crippen LogP contribution >= 0.6 is 20.1 Å². The fraction of sp³-hybridized carbons (Fsp3) is 0.296. The van der Waals surface area contributed by atoms with Gasteiger partial charge in [-0.1, -0.05) is 6.07 Å². The molecule has 3 aromatic rings. The van der Waals surface area contributed by atoms with Crippen LogP contribution in [0.5, 0.6) is 5.75 Å². The van der Waals surface area contributed by atoms with Crippen molar-refractivity contribution in [3.05, 3.63) is 76.7 Å². The van der Waals surface area contributed by atoms with Crippen molar-refractivity contribution in [2.45, 2.75) is 36.2 Å². The van der Waals surface area contributed by atoms with Gasteiger partial charge in [0.2, 0.25) is 0 Å². The summed E-state index contributed by atoms with van der Waals surface area (Å²) in [5.74, 6) is 0.728. The van der Waals surface area contributed by atoms with Crippen molar-refractivity contribution in [3.63, 3.8) is 0 Å². The van der Waals surface area contributed by atoms with E-state index < -0.39 is 20.1 Å². The van der Waals surface area contributed by atoms with Gasteiger partial charge in [-0.3, -0.25) is 0 Å². The molecule has 1 saturated heterocycles. The molecule has 0 spiro atoms. The second-order valence-corrected chi connectivity index (χ2v) is 13.2. The Labute approximate surface area is 202 Å². The number of benzene rings is 2. The zero-order chi connectivity index (χ0) is 22.6. The quantitative estimate of drug-likeness (QED) is 0.243. The van der Waals surface area contributed by atoms with Crippen LogP contribution in [0.15, 0.2) is 73.2 Å². The number of hydrogen-bond acceptors (Lipinski definition) is 5. The average Bonchev–Trinajstić information content (AvgIpc) is 3.49. The first-order chi connectivity index (χ1) is 16.2. The summed E-state index contributed by atoms with van der Waals surface area (Å²) in [5, 5.41) is 7.73. The van der Waals surface area contributed by atoms with E-state index in [0.29, 0.717) is 0 Å². The van der Waals surface area contributed by atoms with E-state index in [0.717, 1.165) is 51.4 Å². The molecule has 2 N–H and O–H groups in total. The number of hydrogen-bond donors (Lipinski definition) is 2. The molecule has 1 atom stereocenters. The number of anilines is 1. The summed E-state index contributed by atoms with van der Waals surface area (Å²) in [6, 6.07) is 14.6. The number of allylic oxidation sites excluding steroid dienone is 1. The van der Waals surface area contributed by atoms with Gasteiger partial charge in [0.15, 0.2) is 0 Å². The van der Waals surface area contributed by atoms with Crippen LogP contribution in [0.1, 0.15) is 30.9 Å². The third-order valence-electron chi connectivity index (χ3n) is 6.07. The number of furan rings is 1. The molecule has 0 saturated carbocycles. The molecule has 6 heteroatoms. The van der Waals surface area contributed by atoms with Crippen LogP contribution in [0, 0.1) is 0 Å². The first-order valence-electron chi connectivity index (χ1n) is 11.5. The number of ether oxygens (including phenoxy) is 1. The van der Waals surface area contributed by atoms with Gasteiger partial charge in [0.1, 0.15) is 0 Å². The Balaban J connectivity index is 1.43. The summed E-state index contributed by atoms with van der Waals surface area (Å²) < 4.78 is 20.8. The van der Waals surface area contributed by atoms with Gasteiger partial charge < -0.3 is 0 Å². The molecule has 2 aliphatic heterocycles. The Kier molecular flexibility index (Phi) is 6.83. The summed E-state index contributed by atoms with van der Waals surface area (Å²) in [6.07, 6.45) is 8.89. The first-order valence-corrected chi connectivity index (χ1v) is 14.9. The molecule has 1 unspecified atom stereocenters. The fourth-order valence-electron chi connectivity index (χ4n) is 4.42. The molecule has 5 nitrogen and oxygen atoms in total. The third-order valence-corrected chi connectivity index (χ3v) is 11.3. The second kappa shape index (κ2) is 10.1. The molecule has 0 amide bonds. The predicted molar refractivity (Wildman–Crippen MR) is 147 cm³/mol. The number of nitrogens with zero attached hydrogens (tertiary/aromatic N) is 1. The Morgan fingerprint density at radius 2 is 2.06 bits per heavy atom. The number of nitrogens with one attached hydrogen (secondary N) is 2. The van der Waals surface area contributed by atoms with Gasteiger partial charge in [-0.25, -0.2) is 0 Å². The van der Waals surface area contributed by atoms with Crippen molar-refractivity contribution in [2.75, 3.05) is 18.4 Å². The summed E-state index contributed by atoms with van der Waals surface area (Å²) in [4.78, 5) is 0. The Bertz CT molecular complexity index is 1180. The maximum atomic E-state index is 6.45. The molecule has 33 heavy (non-hydrogen) atoms. The zero-order valence-corrected chi connectivity index (χ0v) is 21.0. The number of fused-ring (bicyclic) bond motifs is 1. The van der Waals surface area contributed by atoms with Crippen molar-refractivity contribution in [2.24, 2.45) is 3.21 Å². The molecular weight excluding hydrogens is 525 g/mol. The molecule has 2 aromatic carbocycles. The van der Waals surface area contributed by atoms with E-state index in [1.165, 1.54) is 24.0 Å². The standard InChI is InChI=1S/C27H30IN3O2/c1-3-30-25-10-9-23-24(21-16-28(31-17-21)22-11-13-29-14-12-22)18-32-26(23)27(25)33-19(2)15-20-7-5-4-6-8-20/h3-10,16-19,22,29-30H,1,11-15H2,2H3. The molecule has 0 radical (unpaired) electrons. The molecule has 2 aliphatic rings. The van der Waals surface area contributed by atoms with Gasteiger partial charge >= 0.3 is 197 Å². The Hall–Kier alpha value is -2.58. The molecule has 1 fully saturated rings. The number of halogens is 1. The van der Waals surface area contributed by atoms with Gasteiger partial charge in [0, 0.05) is 0 Å². The number of alkyl halides is 1. The van der Waals surface area contributed by atoms with Crippen LogP contribution in [-0.2, 0) is 6.42 Å². The van der Waals surface area contributed by atoms with E-state index in [1.807, 2.05) is 18.4 Å². The zero-order valence-electron chi connectivity index (χ0n) is 18.9. The second-order valence-electron chi connectivity index (χ2n) is 8.47. The fourth-order valence-corrected chi connectivity index (χ4v) is 9.25. The van der Waals surface area contributed by atoms with E-state index >= 15 is 0 Å². The summed E-state index contributed by atoms with van der Waals surface area (Å²) in [6.45, 7) is 8.15. The van der Waals surface area contributed by atoms with Crippen LogP contribution in [0.25, 0.3) is 16.5 Å². The van der Waals surface area contributed by atoms with Crippen molar-refractivity contribution in [1.82, 2.24) is 5.32 Å². The van der Waals surface area contributed by atoms with Gasteiger partial charge in [0.05, 0.1) is 0 Å². The normalized spacial score (nSPS) is 18.3. The van der Waals surface area contributed by atoms with E-state index in [9.17, 15) is 0 Å². The SMILES string of the molecule is C=CNc1ccc2c(C3=CI(C4CCNCC4)N=C3)coc2c1OC(C)Cc1ccccc1. The number of rotatable bonds is 8. The molecule has 1 aromatic heterocycles. The van der Waals surface area contributed by atoms with Crippen molar-refractivity contribution in [3.8, 4) is 5.75 Å². The third kappa shape index (κ3) is 4.87. The van der Waals surface area contributed by atoms with Crippen LogP contribution in [0.4, 0.5) is 5.69 Å². The molecule has 172 valence electrons. The topological polar surface area (TPSA) is 58.8 Å². The predicted octanol–water partition coefficient (Wildman–Crippen LogP) is 6.60. The van der Waals surface area contributed by atoms with Crippen molar-refractivity contribution < 1.29 is 9.15 Å². The molecule has 3 heterocycles. The minimum absolute atomic E-state index is 0.0122. The monoisotopic (exact) mass is 555 g/mol. The Morgan fingerprint density at radius 3 is 2.85 bits per heavy atom. The van der Waals surface area contributed by atoms with Crippen molar-refractivity contribution >= 4 is 48.5 Å². The van der Waals surface area contributed by atoms with Gasteiger partial charge in [-0.05, 0) is 0 Å². The van der Waals surface area contributed by atoms with E-state index in [1.54, 1.807) is 6.20 Å². The van der Waals surface area contributed by atoms with Crippen LogP contribution in [0.3, 0.4) is 0 Å². The first kappa shape index (κ1) is 22.2. The Morgan fingerprint density at radius 1 is 1.24 bits per heavy atom. The summed E-state index contributed by atoms with van der Waals surface area (Å²) in [5.41, 5.74) is 5.17. The summed E-state index contributed by atoms with van der Waals surface area (Å²) in [7, 11) is 0. The van der Waals surface area contributed by atoms with Crippen LogP contribution in [-0.4, -0.2) is 29.3 Å². The number of piperidine rings is 1. The van der Waals surface area contributed by atoms with Gasteiger partial charge in [-0.15, -0.1) is 0 Å². The molecule has 0 bridgehead atoms. The maximum absolute atomic E-state index is 6.45. The van der Waals surface area contributed by atoms with E-state index in [4.69, 9.17) is 12.4 Å². The van der Waals surface area contributed by atoms with Crippen molar-refractivity contribution in [1.29, 1.82) is 0 Å². The summed E-state index contributed by atoms with van der Waals surface area (Å²) >= 11 is -1.47. The average molecular weight is 555 g/mol. The van der Waals surface area contributed by atoms with E-state index in [-0.39, 0.29) is 6.10 Å². The van der Waals surface area contributed by atoms with Crippen LogP contribution in [0.2, 0.25) is 0 Å². The molecule has 5 rings (SSSR count). The molecule has 0 aliphatic carbocycles. The minimum atomic E-state index is -1.47. The van der Waals surface area contributed by atoms with E-state index in [2.05, 4.69) is 64.8 Å². The molecular formula is C27H30IN3O2. The van der Waals surface area contributed by atoms with Crippen LogP contribution < -0.4 is 15.4 Å². The van der Waals surface area contributed by atoms with Gasteiger partial charge in [-0.2, -0.15) is 0 Å². The van der Waals surface area contributed by atoms with Gasteiger partial charge in [0.25, 0.3) is 0 Å².